The quantitative estimate of drug-likeness (QED) is 0.467. The molecule has 3 heterocycles. The number of aryl methyl sites for hydroxylation is 2. The van der Waals surface area contributed by atoms with Crippen LogP contribution in [0.1, 0.15) is 29.2 Å². The summed E-state index contributed by atoms with van der Waals surface area (Å²) in [7, 11) is 0. The third-order valence-electron chi connectivity index (χ3n) is 4.42. The van der Waals surface area contributed by atoms with Gasteiger partial charge in [-0.05, 0) is 44.0 Å². The largest absolute Gasteiger partial charge is 0.459 e. The third-order valence-corrected chi connectivity index (χ3v) is 5.52. The fourth-order valence-corrected chi connectivity index (χ4v) is 4.08. The van der Waals surface area contributed by atoms with E-state index < -0.39 is 0 Å². The van der Waals surface area contributed by atoms with E-state index in [2.05, 4.69) is 9.97 Å². The normalized spacial score (nSPS) is 11.2. The third kappa shape index (κ3) is 3.94. The summed E-state index contributed by atoms with van der Waals surface area (Å²) in [6.45, 7) is 1.85. The number of nitrogens with zero attached hydrogens (tertiary/aromatic N) is 3. The van der Waals surface area contributed by atoms with Gasteiger partial charge in [-0.25, -0.2) is 9.97 Å². The number of ether oxygens (including phenoxy) is 1. The number of pyridine rings is 1. The van der Waals surface area contributed by atoms with Crippen LogP contribution >= 0.6 is 11.3 Å². The molecule has 0 aliphatic rings. The molecule has 0 atom stereocenters. The van der Waals surface area contributed by atoms with E-state index in [1.165, 1.54) is 10.5 Å². The number of hydrogen-bond acceptors (Lipinski definition) is 6. The fourth-order valence-electron chi connectivity index (χ4n) is 3.08. The molecule has 4 aromatic rings. The number of carbonyl (C=O) groups is 1. The number of esters is 1. The van der Waals surface area contributed by atoms with E-state index in [-0.39, 0.29) is 18.1 Å². The molecular weight excluding hydrogens is 374 g/mol. The highest BCUT2D eigenvalue weighted by molar-refractivity contribution is 7.18. The number of para-hydroxylation sites is 1. The zero-order valence-corrected chi connectivity index (χ0v) is 16.2. The number of benzene rings is 1. The summed E-state index contributed by atoms with van der Waals surface area (Å²) in [5.74, 6) is -0.299. The van der Waals surface area contributed by atoms with Crippen molar-refractivity contribution in [3.05, 3.63) is 75.3 Å². The lowest BCUT2D eigenvalue weighted by Crippen LogP contribution is -2.18. The second kappa shape index (κ2) is 7.90. The van der Waals surface area contributed by atoms with Gasteiger partial charge < -0.3 is 4.74 Å². The summed E-state index contributed by atoms with van der Waals surface area (Å²) < 4.78 is 7.98. The minimum atomic E-state index is -0.299. The molecule has 0 fully saturated rings. The monoisotopic (exact) mass is 393 g/mol. The number of fused-ring (bicyclic) bond motifs is 2. The summed E-state index contributed by atoms with van der Waals surface area (Å²) >= 11 is 1.65. The zero-order chi connectivity index (χ0) is 19.5. The summed E-state index contributed by atoms with van der Waals surface area (Å²) in [5, 5.41) is 1.02. The number of thiazole rings is 1. The van der Waals surface area contributed by atoms with Crippen molar-refractivity contribution < 1.29 is 9.53 Å². The maximum absolute atomic E-state index is 12.2. The second-order valence-corrected chi connectivity index (χ2v) is 7.65. The summed E-state index contributed by atoms with van der Waals surface area (Å²) in [6.07, 6.45) is 1.72. The lowest BCUT2D eigenvalue weighted by Gasteiger charge is -2.07. The first-order valence-electron chi connectivity index (χ1n) is 9.08. The molecular formula is C21H19N3O3S. The average Bonchev–Trinajstić information content (AvgIpc) is 3.09. The van der Waals surface area contributed by atoms with Gasteiger partial charge in [0.2, 0.25) is 0 Å². The molecule has 28 heavy (non-hydrogen) atoms. The maximum Gasteiger partial charge on any atom is 0.306 e. The first-order chi connectivity index (χ1) is 13.6. The fraction of sp³-hybridized carbons (Fsp3) is 0.238. The molecule has 6 nitrogen and oxygen atoms in total. The van der Waals surface area contributed by atoms with Crippen LogP contribution in [0.3, 0.4) is 0 Å². The van der Waals surface area contributed by atoms with E-state index in [9.17, 15) is 9.59 Å². The van der Waals surface area contributed by atoms with Gasteiger partial charge in [-0.3, -0.25) is 14.0 Å². The molecule has 0 aliphatic heterocycles. The Bertz CT molecular complexity index is 1180. The molecule has 7 heteroatoms. The van der Waals surface area contributed by atoms with Crippen LogP contribution in [0.5, 0.6) is 0 Å². The number of hydrogen-bond donors (Lipinski definition) is 0. The van der Waals surface area contributed by atoms with Crippen LogP contribution in [0.25, 0.3) is 15.9 Å². The van der Waals surface area contributed by atoms with Gasteiger partial charge in [0.1, 0.15) is 12.3 Å². The summed E-state index contributed by atoms with van der Waals surface area (Å²) in [4.78, 5) is 33.2. The smallest absolute Gasteiger partial charge is 0.306 e. The molecule has 0 saturated carbocycles. The van der Waals surface area contributed by atoms with Crippen LogP contribution in [-0.2, 0) is 22.6 Å². The predicted molar refractivity (Wildman–Crippen MR) is 109 cm³/mol. The molecule has 0 bridgehead atoms. The minimum absolute atomic E-state index is 0.000344. The molecule has 0 amide bonds. The first kappa shape index (κ1) is 18.3. The van der Waals surface area contributed by atoms with Gasteiger partial charge in [-0.2, -0.15) is 0 Å². The number of carbonyl (C=O) groups excluding carboxylic acids is 1. The van der Waals surface area contributed by atoms with E-state index in [1.807, 2.05) is 43.3 Å². The second-order valence-electron chi connectivity index (χ2n) is 6.54. The van der Waals surface area contributed by atoms with Gasteiger partial charge in [-0.15, -0.1) is 11.3 Å². The van der Waals surface area contributed by atoms with Crippen molar-refractivity contribution in [2.24, 2.45) is 0 Å². The van der Waals surface area contributed by atoms with E-state index in [0.717, 1.165) is 27.3 Å². The average molecular weight is 393 g/mol. The predicted octanol–water partition coefficient (Wildman–Crippen LogP) is 3.68. The molecule has 4 rings (SSSR count). The highest BCUT2D eigenvalue weighted by Gasteiger charge is 2.09. The molecule has 0 unspecified atom stereocenters. The maximum atomic E-state index is 12.2. The molecule has 1 aromatic carbocycles. The zero-order valence-electron chi connectivity index (χ0n) is 15.4. The van der Waals surface area contributed by atoms with Crippen molar-refractivity contribution in [3.63, 3.8) is 0 Å². The minimum Gasteiger partial charge on any atom is -0.459 e. The Morgan fingerprint density at radius 1 is 1.14 bits per heavy atom. The highest BCUT2D eigenvalue weighted by atomic mass is 32.1. The molecule has 0 radical (unpaired) electrons. The van der Waals surface area contributed by atoms with Crippen LogP contribution < -0.4 is 5.56 Å². The summed E-state index contributed by atoms with van der Waals surface area (Å²) in [6, 6.07) is 14.9. The Hall–Kier alpha value is -3.06. The van der Waals surface area contributed by atoms with Crippen LogP contribution in [0.15, 0.2) is 53.3 Å². The Labute approximate surface area is 165 Å². The first-order valence-corrected chi connectivity index (χ1v) is 9.90. The molecule has 3 aromatic heterocycles. The standard InChI is InChI=1S/C21H19N3O3S/c1-14-6-4-9-18-22-15(12-20(25)24(14)18)13-27-21(26)11-5-10-19-23-16-7-2-3-8-17(16)28-19/h2-4,6-9,12H,5,10-11,13H2,1H3. The molecule has 0 saturated heterocycles. The highest BCUT2D eigenvalue weighted by Crippen LogP contribution is 2.22. The van der Waals surface area contributed by atoms with E-state index >= 15 is 0 Å². The van der Waals surface area contributed by atoms with Gasteiger partial charge >= 0.3 is 5.97 Å². The van der Waals surface area contributed by atoms with Crippen LogP contribution in [-0.4, -0.2) is 20.3 Å². The van der Waals surface area contributed by atoms with Crippen LogP contribution in [0, 0.1) is 6.92 Å². The SMILES string of the molecule is Cc1cccc2nc(COC(=O)CCCc3nc4ccccc4s3)cc(=O)n12. The summed E-state index contributed by atoms with van der Waals surface area (Å²) in [5.41, 5.74) is 2.64. The van der Waals surface area contributed by atoms with E-state index in [4.69, 9.17) is 4.74 Å². The Morgan fingerprint density at radius 2 is 2.00 bits per heavy atom. The van der Waals surface area contributed by atoms with Crippen molar-refractivity contribution in [1.29, 1.82) is 0 Å². The van der Waals surface area contributed by atoms with Gasteiger partial charge in [0.05, 0.1) is 20.9 Å². The van der Waals surface area contributed by atoms with Crippen molar-refractivity contribution in [2.45, 2.75) is 32.8 Å². The van der Waals surface area contributed by atoms with E-state index in [1.54, 1.807) is 17.4 Å². The van der Waals surface area contributed by atoms with Crippen LogP contribution in [0.2, 0.25) is 0 Å². The van der Waals surface area contributed by atoms with E-state index in [0.29, 0.717) is 24.2 Å². The number of rotatable bonds is 6. The van der Waals surface area contributed by atoms with Gasteiger partial charge in [0.15, 0.2) is 0 Å². The van der Waals surface area contributed by atoms with Gasteiger partial charge in [0.25, 0.3) is 5.56 Å². The topological polar surface area (TPSA) is 73.6 Å². The number of aromatic nitrogens is 3. The Morgan fingerprint density at radius 3 is 2.86 bits per heavy atom. The van der Waals surface area contributed by atoms with Crippen molar-refractivity contribution in [2.75, 3.05) is 0 Å². The lowest BCUT2D eigenvalue weighted by molar-refractivity contribution is -0.145. The lowest BCUT2D eigenvalue weighted by atomic mass is 10.2. The molecule has 0 spiro atoms. The van der Waals surface area contributed by atoms with Crippen molar-refractivity contribution in [1.82, 2.24) is 14.4 Å². The Balaban J connectivity index is 1.32. The van der Waals surface area contributed by atoms with Gasteiger partial charge in [0, 0.05) is 18.2 Å². The Kier molecular flexibility index (Phi) is 5.16. The van der Waals surface area contributed by atoms with Crippen LogP contribution in [0.4, 0.5) is 0 Å². The van der Waals surface area contributed by atoms with Crippen molar-refractivity contribution in [3.8, 4) is 0 Å². The van der Waals surface area contributed by atoms with Crippen molar-refractivity contribution >= 4 is 33.2 Å². The molecule has 142 valence electrons. The van der Waals surface area contributed by atoms with Gasteiger partial charge in [-0.1, -0.05) is 18.2 Å². The molecule has 0 N–H and O–H groups in total. The molecule has 0 aliphatic carbocycles.